The number of aromatic nitrogens is 1. The van der Waals surface area contributed by atoms with E-state index < -0.39 is 0 Å². The molecule has 0 saturated heterocycles. The number of hydrogen-bond acceptors (Lipinski definition) is 4. The van der Waals surface area contributed by atoms with Crippen LogP contribution in [0.25, 0.3) is 17.0 Å². The zero-order valence-electron chi connectivity index (χ0n) is 8.84. The molecule has 0 spiro atoms. The van der Waals surface area contributed by atoms with Crippen LogP contribution in [0.2, 0.25) is 0 Å². The zero-order chi connectivity index (χ0) is 11.4. The van der Waals surface area contributed by atoms with Gasteiger partial charge in [-0.05, 0) is 36.2 Å². The number of esters is 1. The van der Waals surface area contributed by atoms with Crippen LogP contribution in [0.15, 0.2) is 29.7 Å². The van der Waals surface area contributed by atoms with E-state index in [1.807, 2.05) is 23.6 Å². The molecule has 0 amide bonds. The highest BCUT2D eigenvalue weighted by molar-refractivity contribution is 7.04. The van der Waals surface area contributed by atoms with Crippen molar-refractivity contribution >= 4 is 34.5 Å². The number of hydrogen-bond donors (Lipinski definition) is 0. The molecule has 0 radical (unpaired) electrons. The Balaban J connectivity index is 2.27. The maximum Gasteiger partial charge on any atom is 0.330 e. The van der Waals surface area contributed by atoms with E-state index in [4.69, 9.17) is 4.74 Å². The molecule has 0 unspecified atom stereocenters. The molecule has 3 nitrogen and oxygen atoms in total. The minimum Gasteiger partial charge on any atom is -0.463 e. The normalized spacial score (nSPS) is 11.1. The van der Waals surface area contributed by atoms with Gasteiger partial charge in [-0.15, -0.1) is 0 Å². The summed E-state index contributed by atoms with van der Waals surface area (Å²) in [5.74, 6) is -0.317. The Morgan fingerprint density at radius 2 is 2.44 bits per heavy atom. The Morgan fingerprint density at radius 1 is 1.56 bits per heavy atom. The van der Waals surface area contributed by atoms with Gasteiger partial charge in [0.25, 0.3) is 0 Å². The lowest BCUT2D eigenvalue weighted by molar-refractivity contribution is -0.137. The van der Waals surface area contributed by atoms with E-state index in [1.54, 1.807) is 13.0 Å². The van der Waals surface area contributed by atoms with E-state index in [2.05, 4.69) is 4.37 Å². The summed E-state index contributed by atoms with van der Waals surface area (Å²) >= 11 is 1.41. The summed E-state index contributed by atoms with van der Waals surface area (Å²) in [5.41, 5.74) is 1.94. The summed E-state index contributed by atoms with van der Waals surface area (Å²) < 4.78 is 9.05. The van der Waals surface area contributed by atoms with Gasteiger partial charge in [0.05, 0.1) is 12.1 Å². The number of fused-ring (bicyclic) bond motifs is 1. The standard InChI is InChI=1S/C12H11NO2S/c1-2-15-12(14)7-6-9-4-3-5-11-10(9)8-16-13-11/h3-8H,2H2,1H3/b7-6-. The third-order valence-electron chi connectivity index (χ3n) is 2.12. The molecule has 1 aromatic carbocycles. The Labute approximate surface area is 97.5 Å². The molecule has 2 rings (SSSR count). The van der Waals surface area contributed by atoms with Crippen molar-refractivity contribution in [3.63, 3.8) is 0 Å². The minimum atomic E-state index is -0.317. The number of rotatable bonds is 3. The van der Waals surface area contributed by atoms with Crippen LogP contribution in [0, 0.1) is 0 Å². The largest absolute Gasteiger partial charge is 0.463 e. The van der Waals surface area contributed by atoms with Gasteiger partial charge in [0.15, 0.2) is 0 Å². The van der Waals surface area contributed by atoms with E-state index in [-0.39, 0.29) is 5.97 Å². The van der Waals surface area contributed by atoms with Gasteiger partial charge in [0.1, 0.15) is 0 Å². The van der Waals surface area contributed by atoms with Gasteiger partial charge in [-0.2, -0.15) is 4.37 Å². The van der Waals surface area contributed by atoms with Gasteiger partial charge in [0.2, 0.25) is 0 Å². The van der Waals surface area contributed by atoms with Gasteiger partial charge in [0, 0.05) is 16.8 Å². The topological polar surface area (TPSA) is 39.2 Å². The zero-order valence-corrected chi connectivity index (χ0v) is 9.66. The van der Waals surface area contributed by atoms with Crippen LogP contribution >= 0.6 is 11.5 Å². The Morgan fingerprint density at radius 3 is 3.25 bits per heavy atom. The quantitative estimate of drug-likeness (QED) is 0.604. The first kappa shape index (κ1) is 10.8. The minimum absolute atomic E-state index is 0.317. The van der Waals surface area contributed by atoms with Crippen molar-refractivity contribution in [3.8, 4) is 0 Å². The molecule has 0 atom stereocenters. The lowest BCUT2D eigenvalue weighted by Gasteiger charge is -1.96. The second-order valence-electron chi connectivity index (χ2n) is 3.18. The van der Waals surface area contributed by atoms with E-state index in [1.165, 1.54) is 17.6 Å². The number of ether oxygens (including phenoxy) is 1. The van der Waals surface area contributed by atoms with E-state index in [9.17, 15) is 4.79 Å². The molecule has 0 aliphatic rings. The number of nitrogens with zero attached hydrogens (tertiary/aromatic N) is 1. The summed E-state index contributed by atoms with van der Waals surface area (Å²) in [6.07, 6.45) is 3.20. The number of carbonyl (C=O) groups excluding carboxylic acids is 1. The molecule has 0 fully saturated rings. The second-order valence-corrected chi connectivity index (χ2v) is 3.81. The molecule has 0 N–H and O–H groups in total. The molecule has 1 aromatic heterocycles. The Hall–Kier alpha value is -1.68. The Kier molecular flexibility index (Phi) is 3.31. The van der Waals surface area contributed by atoms with Crippen molar-refractivity contribution < 1.29 is 9.53 Å². The van der Waals surface area contributed by atoms with Crippen molar-refractivity contribution in [1.29, 1.82) is 0 Å². The highest BCUT2D eigenvalue weighted by Crippen LogP contribution is 2.20. The predicted molar refractivity (Wildman–Crippen MR) is 65.3 cm³/mol. The lowest BCUT2D eigenvalue weighted by Crippen LogP contribution is -1.98. The Bertz CT molecular complexity index is 531. The fraction of sp³-hybridized carbons (Fsp3) is 0.167. The van der Waals surface area contributed by atoms with Gasteiger partial charge >= 0.3 is 5.97 Å². The summed E-state index contributed by atoms with van der Waals surface area (Å²) in [6.45, 7) is 2.18. The lowest BCUT2D eigenvalue weighted by atomic mass is 10.1. The molecule has 0 aliphatic carbocycles. The summed E-state index contributed by atoms with van der Waals surface area (Å²) in [6, 6.07) is 5.83. The molecule has 0 bridgehead atoms. The fourth-order valence-electron chi connectivity index (χ4n) is 1.41. The number of benzene rings is 1. The van der Waals surface area contributed by atoms with E-state index in [0.29, 0.717) is 6.61 Å². The smallest absolute Gasteiger partial charge is 0.330 e. The molecule has 2 aromatic rings. The van der Waals surface area contributed by atoms with Crippen LogP contribution in [0.1, 0.15) is 12.5 Å². The molecule has 16 heavy (non-hydrogen) atoms. The van der Waals surface area contributed by atoms with Crippen LogP contribution in [0.4, 0.5) is 0 Å². The first-order valence-electron chi connectivity index (χ1n) is 4.99. The number of carbonyl (C=O) groups is 1. The molecule has 1 heterocycles. The highest BCUT2D eigenvalue weighted by atomic mass is 32.1. The van der Waals surface area contributed by atoms with Gasteiger partial charge in [-0.3, -0.25) is 0 Å². The molecular weight excluding hydrogens is 222 g/mol. The molecule has 0 aliphatic heterocycles. The summed E-state index contributed by atoms with van der Waals surface area (Å²) in [7, 11) is 0. The van der Waals surface area contributed by atoms with Crippen molar-refractivity contribution in [2.75, 3.05) is 6.61 Å². The first-order chi connectivity index (χ1) is 7.81. The maximum atomic E-state index is 11.2. The molecule has 4 heteroatoms. The predicted octanol–water partition coefficient (Wildman–Crippen LogP) is 2.87. The SMILES string of the molecule is CCOC(=O)/C=C\c1cccc2nscc12. The summed E-state index contributed by atoms with van der Waals surface area (Å²) in [5, 5.41) is 3.04. The molecule has 82 valence electrons. The molecular formula is C12H11NO2S. The second kappa shape index (κ2) is 4.90. The van der Waals surface area contributed by atoms with Crippen LogP contribution < -0.4 is 0 Å². The highest BCUT2D eigenvalue weighted by Gasteiger charge is 2.00. The fourth-order valence-corrected chi connectivity index (χ4v) is 2.10. The van der Waals surface area contributed by atoms with E-state index in [0.717, 1.165) is 16.5 Å². The first-order valence-corrected chi connectivity index (χ1v) is 5.83. The monoisotopic (exact) mass is 233 g/mol. The van der Waals surface area contributed by atoms with Crippen LogP contribution in [-0.4, -0.2) is 16.9 Å². The average molecular weight is 233 g/mol. The molecule has 0 saturated carbocycles. The van der Waals surface area contributed by atoms with Gasteiger partial charge in [-0.1, -0.05) is 12.1 Å². The van der Waals surface area contributed by atoms with Crippen molar-refractivity contribution in [1.82, 2.24) is 4.37 Å². The maximum absolute atomic E-state index is 11.2. The van der Waals surface area contributed by atoms with Crippen LogP contribution in [0.5, 0.6) is 0 Å². The summed E-state index contributed by atoms with van der Waals surface area (Å²) in [4.78, 5) is 11.2. The van der Waals surface area contributed by atoms with Crippen molar-refractivity contribution in [3.05, 3.63) is 35.2 Å². The third-order valence-corrected chi connectivity index (χ3v) is 2.77. The van der Waals surface area contributed by atoms with Gasteiger partial charge in [-0.25, -0.2) is 4.79 Å². The van der Waals surface area contributed by atoms with Crippen molar-refractivity contribution in [2.24, 2.45) is 0 Å². The average Bonchev–Trinajstić information content (AvgIpc) is 2.75. The van der Waals surface area contributed by atoms with Crippen LogP contribution in [-0.2, 0) is 9.53 Å². The van der Waals surface area contributed by atoms with Crippen molar-refractivity contribution in [2.45, 2.75) is 6.92 Å². The van der Waals surface area contributed by atoms with Crippen LogP contribution in [0.3, 0.4) is 0 Å². The third kappa shape index (κ3) is 2.28. The van der Waals surface area contributed by atoms with E-state index >= 15 is 0 Å². The van der Waals surface area contributed by atoms with Gasteiger partial charge < -0.3 is 4.74 Å².